The first-order valence-corrected chi connectivity index (χ1v) is 4.79. The number of hydrogen-bond donors (Lipinski definition) is 0. The average molecular weight is 263 g/mol. The molecule has 0 N–H and O–H groups in total. The Morgan fingerprint density at radius 3 is 2.40 bits per heavy atom. The lowest BCUT2D eigenvalue weighted by atomic mass is 10.5. The Kier molecular flexibility index (Phi) is 6.62. The largest absolute Gasteiger partial charge is 0.297 e. The van der Waals surface area contributed by atoms with Gasteiger partial charge in [-0.15, -0.1) is 0 Å². The molecule has 0 heterocycles. The summed E-state index contributed by atoms with van der Waals surface area (Å²) >= 11 is 2.19. The molecule has 0 spiro atoms. The molecular weight excluding hydrogens is 251 g/mol. The fourth-order valence-corrected chi connectivity index (χ4v) is 1.38. The Morgan fingerprint density at radius 2 is 2.10 bits per heavy atom. The minimum atomic E-state index is -2.19. The molecule has 0 fully saturated rings. The zero-order valence-corrected chi connectivity index (χ0v) is 8.14. The van der Waals surface area contributed by atoms with E-state index in [2.05, 4.69) is 22.6 Å². The van der Waals surface area contributed by atoms with Gasteiger partial charge in [-0.25, -0.2) is 8.78 Å². The van der Waals surface area contributed by atoms with Gasteiger partial charge in [0.05, 0.1) is 6.54 Å². The van der Waals surface area contributed by atoms with Gasteiger partial charge in [0.2, 0.25) is 0 Å². The Balaban J connectivity index is 3.39. The van der Waals surface area contributed by atoms with E-state index in [9.17, 15) is 8.78 Å². The van der Waals surface area contributed by atoms with Crippen LogP contribution in [0.3, 0.4) is 0 Å². The Labute approximate surface area is 73.9 Å². The molecule has 4 heteroatoms. The average Bonchev–Trinajstić information content (AvgIpc) is 1.86. The van der Waals surface area contributed by atoms with Crippen LogP contribution in [0, 0.1) is 0 Å². The number of nitrogens with zero attached hydrogens (tertiary/aromatic N) is 1. The highest BCUT2D eigenvalue weighted by Crippen LogP contribution is 1.98. The lowest BCUT2D eigenvalue weighted by Gasteiger charge is -2.17. The molecule has 0 unspecified atom stereocenters. The van der Waals surface area contributed by atoms with Crippen molar-refractivity contribution in [1.29, 1.82) is 0 Å². The van der Waals surface area contributed by atoms with Crippen LogP contribution in [0.15, 0.2) is 0 Å². The van der Waals surface area contributed by atoms with Crippen molar-refractivity contribution >= 4 is 22.6 Å². The highest BCUT2D eigenvalue weighted by Gasteiger charge is 2.08. The standard InChI is InChI=1S/C6H12F2IN/c1-2-10(4-3-9)5-6(7)8/h6H,2-5H2,1H3. The Morgan fingerprint density at radius 1 is 1.50 bits per heavy atom. The summed E-state index contributed by atoms with van der Waals surface area (Å²) in [6.07, 6.45) is -2.19. The number of halogens is 3. The molecule has 0 radical (unpaired) electrons. The first kappa shape index (κ1) is 10.6. The van der Waals surface area contributed by atoms with Crippen LogP contribution < -0.4 is 0 Å². The summed E-state index contributed by atoms with van der Waals surface area (Å²) < 4.78 is 24.4. The SMILES string of the molecule is CCN(CCI)CC(F)F. The Bertz CT molecular complexity index is 80.1. The first-order valence-electron chi connectivity index (χ1n) is 3.27. The molecule has 0 aromatic carbocycles. The van der Waals surface area contributed by atoms with Crippen LogP contribution in [-0.2, 0) is 0 Å². The second-order valence-corrected chi connectivity index (χ2v) is 3.05. The van der Waals surface area contributed by atoms with Gasteiger partial charge in [-0.2, -0.15) is 0 Å². The molecule has 0 aliphatic rings. The molecule has 0 aromatic heterocycles. The van der Waals surface area contributed by atoms with Gasteiger partial charge in [-0.05, 0) is 6.54 Å². The van der Waals surface area contributed by atoms with Crippen molar-refractivity contribution in [2.24, 2.45) is 0 Å². The molecule has 0 bridgehead atoms. The molecular formula is C6H12F2IN. The quantitative estimate of drug-likeness (QED) is 0.541. The van der Waals surface area contributed by atoms with E-state index in [1.807, 2.05) is 6.92 Å². The topological polar surface area (TPSA) is 3.24 Å². The summed E-state index contributed by atoms with van der Waals surface area (Å²) in [4.78, 5) is 1.75. The van der Waals surface area contributed by atoms with Crippen LogP contribution in [-0.4, -0.2) is 35.4 Å². The second-order valence-electron chi connectivity index (χ2n) is 1.97. The van der Waals surface area contributed by atoms with E-state index >= 15 is 0 Å². The maximum atomic E-state index is 11.8. The van der Waals surface area contributed by atoms with E-state index in [1.54, 1.807) is 4.90 Å². The van der Waals surface area contributed by atoms with Gasteiger partial charge >= 0.3 is 0 Å². The molecule has 62 valence electrons. The fourth-order valence-electron chi connectivity index (χ4n) is 0.693. The summed E-state index contributed by atoms with van der Waals surface area (Å²) in [5.41, 5.74) is 0. The van der Waals surface area contributed by atoms with Crippen molar-refractivity contribution in [3.05, 3.63) is 0 Å². The van der Waals surface area contributed by atoms with Crippen LogP contribution in [0.4, 0.5) is 8.78 Å². The summed E-state index contributed by atoms with van der Waals surface area (Å²) in [7, 11) is 0. The zero-order valence-electron chi connectivity index (χ0n) is 5.99. The number of alkyl halides is 3. The van der Waals surface area contributed by atoms with Crippen molar-refractivity contribution in [3.63, 3.8) is 0 Å². The van der Waals surface area contributed by atoms with Gasteiger partial charge < -0.3 is 0 Å². The minimum absolute atomic E-state index is 0.0838. The van der Waals surface area contributed by atoms with E-state index in [0.717, 1.165) is 11.0 Å². The zero-order chi connectivity index (χ0) is 7.98. The van der Waals surface area contributed by atoms with E-state index < -0.39 is 6.43 Å². The Hall–Kier alpha value is 0.550. The molecule has 0 aliphatic carbocycles. The highest BCUT2D eigenvalue weighted by molar-refractivity contribution is 14.1. The molecule has 10 heavy (non-hydrogen) atoms. The first-order chi connectivity index (χ1) is 4.70. The predicted molar refractivity (Wildman–Crippen MR) is 47.0 cm³/mol. The molecule has 1 nitrogen and oxygen atoms in total. The molecule has 0 rings (SSSR count). The summed E-state index contributed by atoms with van der Waals surface area (Å²) in [6.45, 7) is 3.29. The predicted octanol–water partition coefficient (Wildman–Crippen LogP) is 2.01. The van der Waals surface area contributed by atoms with Crippen LogP contribution in [0.25, 0.3) is 0 Å². The van der Waals surface area contributed by atoms with Crippen molar-refractivity contribution in [1.82, 2.24) is 4.90 Å². The maximum absolute atomic E-state index is 11.8. The van der Waals surface area contributed by atoms with Crippen molar-refractivity contribution in [3.8, 4) is 0 Å². The van der Waals surface area contributed by atoms with Crippen LogP contribution >= 0.6 is 22.6 Å². The summed E-state index contributed by atoms with van der Waals surface area (Å²) in [6, 6.07) is 0. The van der Waals surface area contributed by atoms with Gasteiger partial charge in [-0.3, -0.25) is 4.90 Å². The molecule has 0 saturated carbocycles. The molecule has 0 atom stereocenters. The van der Waals surface area contributed by atoms with E-state index in [0.29, 0.717) is 6.54 Å². The smallest absolute Gasteiger partial charge is 0.251 e. The molecule has 0 saturated heterocycles. The van der Waals surface area contributed by atoms with Crippen LogP contribution in [0.1, 0.15) is 6.92 Å². The summed E-state index contributed by atoms with van der Waals surface area (Å²) in [5, 5.41) is 0. The third kappa shape index (κ3) is 5.34. The lowest BCUT2D eigenvalue weighted by Crippen LogP contribution is -2.30. The van der Waals surface area contributed by atoms with Gasteiger partial charge in [0, 0.05) is 11.0 Å². The number of rotatable bonds is 5. The molecule has 0 amide bonds. The van der Waals surface area contributed by atoms with E-state index in [-0.39, 0.29) is 6.54 Å². The van der Waals surface area contributed by atoms with Gasteiger partial charge in [-0.1, -0.05) is 29.5 Å². The van der Waals surface area contributed by atoms with E-state index in [1.165, 1.54) is 0 Å². The molecule has 0 aromatic rings. The van der Waals surface area contributed by atoms with Gasteiger partial charge in [0.1, 0.15) is 0 Å². The highest BCUT2D eigenvalue weighted by atomic mass is 127. The van der Waals surface area contributed by atoms with E-state index in [4.69, 9.17) is 0 Å². The summed E-state index contributed by atoms with van der Waals surface area (Å²) in [5.74, 6) is 0. The second kappa shape index (κ2) is 6.27. The maximum Gasteiger partial charge on any atom is 0.251 e. The minimum Gasteiger partial charge on any atom is -0.297 e. The van der Waals surface area contributed by atoms with Crippen LogP contribution in [0.2, 0.25) is 0 Å². The van der Waals surface area contributed by atoms with Crippen LogP contribution in [0.5, 0.6) is 0 Å². The third-order valence-corrected chi connectivity index (χ3v) is 1.73. The van der Waals surface area contributed by atoms with Gasteiger partial charge in [0.25, 0.3) is 6.43 Å². The number of hydrogen-bond acceptors (Lipinski definition) is 1. The lowest BCUT2D eigenvalue weighted by molar-refractivity contribution is 0.0942. The molecule has 0 aliphatic heterocycles. The normalized spacial score (nSPS) is 11.4. The van der Waals surface area contributed by atoms with Crippen molar-refractivity contribution < 1.29 is 8.78 Å². The van der Waals surface area contributed by atoms with Crippen molar-refractivity contribution in [2.75, 3.05) is 24.1 Å². The third-order valence-electron chi connectivity index (χ3n) is 1.24. The monoisotopic (exact) mass is 263 g/mol. The fraction of sp³-hybridized carbons (Fsp3) is 1.00. The van der Waals surface area contributed by atoms with Gasteiger partial charge in [0.15, 0.2) is 0 Å². The van der Waals surface area contributed by atoms with Crippen molar-refractivity contribution in [2.45, 2.75) is 13.3 Å².